The molecule has 1 fully saturated rings. The van der Waals surface area contributed by atoms with Crippen molar-refractivity contribution in [1.29, 1.82) is 0 Å². The summed E-state index contributed by atoms with van der Waals surface area (Å²) in [5, 5.41) is 0. The van der Waals surface area contributed by atoms with Crippen molar-refractivity contribution in [3.05, 3.63) is 29.8 Å². The molecular weight excluding hydrogens is 327 g/mol. The van der Waals surface area contributed by atoms with Gasteiger partial charge in [-0.2, -0.15) is 17.5 Å². The molecule has 21 heavy (non-hydrogen) atoms. The summed E-state index contributed by atoms with van der Waals surface area (Å²) in [5.41, 5.74) is -1.69. The number of hydrogen-bond donors (Lipinski definition) is 0. The average molecular weight is 342 g/mol. The fraction of sp³-hybridized carbons (Fsp3) is 0.538. The van der Waals surface area contributed by atoms with E-state index in [-0.39, 0.29) is 24.3 Å². The van der Waals surface area contributed by atoms with E-state index in [9.17, 15) is 21.6 Å². The zero-order valence-electron chi connectivity index (χ0n) is 11.3. The maximum atomic E-state index is 13.4. The highest BCUT2D eigenvalue weighted by Gasteiger charge is 2.63. The standard InChI is InChI=1S/C13H15ClF3NO2S/c1-10-3-5-11(6-4-10)21(19,20)18-8-2-7-12(18,9-14)13(15,16)17/h3-6H,2,7-9H2,1H3. The van der Waals surface area contributed by atoms with Crippen molar-refractivity contribution in [2.45, 2.75) is 36.4 Å². The Balaban J connectivity index is 2.50. The molecule has 0 aliphatic carbocycles. The van der Waals surface area contributed by atoms with E-state index in [1.165, 1.54) is 12.1 Å². The Kier molecular flexibility index (Phi) is 4.30. The predicted molar refractivity (Wildman–Crippen MR) is 73.8 cm³/mol. The highest BCUT2D eigenvalue weighted by atomic mass is 35.5. The highest BCUT2D eigenvalue weighted by Crippen LogP contribution is 2.46. The molecule has 0 aromatic heterocycles. The van der Waals surface area contributed by atoms with Crippen LogP contribution in [0.2, 0.25) is 0 Å². The molecule has 8 heteroatoms. The summed E-state index contributed by atoms with van der Waals surface area (Å²) < 4.78 is 65.7. The fourth-order valence-electron chi connectivity index (χ4n) is 2.53. The fourth-order valence-corrected chi connectivity index (χ4v) is 4.86. The predicted octanol–water partition coefficient (Wildman–Crippen LogP) is 3.32. The summed E-state index contributed by atoms with van der Waals surface area (Å²) >= 11 is 5.54. The van der Waals surface area contributed by atoms with Gasteiger partial charge in [0.2, 0.25) is 10.0 Å². The molecule has 1 aromatic carbocycles. The Labute approximate surface area is 126 Å². The first-order valence-corrected chi connectivity index (χ1v) is 8.35. The topological polar surface area (TPSA) is 37.4 Å². The summed E-state index contributed by atoms with van der Waals surface area (Å²) in [6, 6.07) is 5.74. The smallest absolute Gasteiger partial charge is 0.207 e. The number of nitrogens with zero attached hydrogens (tertiary/aromatic N) is 1. The van der Waals surface area contributed by atoms with Gasteiger partial charge in [-0.05, 0) is 31.9 Å². The molecule has 0 N–H and O–H groups in total. The molecule has 1 aliphatic heterocycles. The van der Waals surface area contributed by atoms with E-state index >= 15 is 0 Å². The summed E-state index contributed by atoms with van der Waals surface area (Å²) in [7, 11) is -4.23. The minimum absolute atomic E-state index is 0.136. The maximum absolute atomic E-state index is 13.4. The quantitative estimate of drug-likeness (QED) is 0.791. The van der Waals surface area contributed by atoms with Crippen LogP contribution in [-0.2, 0) is 10.0 Å². The number of sulfonamides is 1. The second-order valence-electron chi connectivity index (χ2n) is 5.16. The van der Waals surface area contributed by atoms with Crippen molar-refractivity contribution in [3.8, 4) is 0 Å². The van der Waals surface area contributed by atoms with Gasteiger partial charge in [0.15, 0.2) is 0 Å². The van der Waals surface area contributed by atoms with E-state index in [1.807, 2.05) is 0 Å². The van der Waals surface area contributed by atoms with Crippen LogP contribution in [-0.4, -0.2) is 36.9 Å². The summed E-state index contributed by atoms with van der Waals surface area (Å²) in [6.07, 6.45) is -4.88. The number of aryl methyl sites for hydroxylation is 1. The minimum Gasteiger partial charge on any atom is -0.207 e. The first kappa shape index (κ1) is 16.6. The third-order valence-corrected chi connectivity index (χ3v) is 6.21. The third-order valence-electron chi connectivity index (χ3n) is 3.79. The van der Waals surface area contributed by atoms with Crippen LogP contribution in [0.1, 0.15) is 18.4 Å². The monoisotopic (exact) mass is 341 g/mol. The molecule has 1 saturated heterocycles. The normalized spacial score (nSPS) is 24.4. The van der Waals surface area contributed by atoms with E-state index < -0.39 is 27.6 Å². The van der Waals surface area contributed by atoms with Gasteiger partial charge in [-0.3, -0.25) is 0 Å². The molecule has 0 saturated carbocycles. The molecule has 0 amide bonds. The minimum atomic E-state index is -4.71. The van der Waals surface area contributed by atoms with Crippen LogP contribution in [0.15, 0.2) is 29.2 Å². The second-order valence-corrected chi connectivity index (χ2v) is 7.29. The van der Waals surface area contributed by atoms with E-state index in [0.717, 1.165) is 5.56 Å². The van der Waals surface area contributed by atoms with E-state index in [0.29, 0.717) is 4.31 Å². The summed E-state index contributed by atoms with van der Waals surface area (Å²) in [4.78, 5) is -0.145. The van der Waals surface area contributed by atoms with Crippen LogP contribution in [0.5, 0.6) is 0 Å². The molecule has 1 atom stereocenters. The van der Waals surface area contributed by atoms with Crippen LogP contribution >= 0.6 is 11.6 Å². The molecule has 0 spiro atoms. The summed E-state index contributed by atoms with van der Waals surface area (Å²) in [5.74, 6) is -0.804. The number of alkyl halides is 4. The van der Waals surface area contributed by atoms with E-state index in [4.69, 9.17) is 11.6 Å². The summed E-state index contributed by atoms with van der Waals surface area (Å²) in [6.45, 7) is 1.59. The van der Waals surface area contributed by atoms with E-state index in [2.05, 4.69) is 0 Å². The van der Waals surface area contributed by atoms with Gasteiger partial charge in [-0.25, -0.2) is 8.42 Å². The Morgan fingerprint density at radius 3 is 2.33 bits per heavy atom. The molecule has 118 valence electrons. The molecule has 0 radical (unpaired) electrons. The molecule has 1 heterocycles. The van der Waals surface area contributed by atoms with Crippen LogP contribution < -0.4 is 0 Å². The SMILES string of the molecule is Cc1ccc(S(=O)(=O)N2CCCC2(CCl)C(F)(F)F)cc1. The maximum Gasteiger partial charge on any atom is 0.408 e. The van der Waals surface area contributed by atoms with Crippen molar-refractivity contribution in [1.82, 2.24) is 4.31 Å². The largest absolute Gasteiger partial charge is 0.408 e. The zero-order valence-corrected chi connectivity index (χ0v) is 12.9. The number of benzene rings is 1. The molecule has 0 bridgehead atoms. The lowest BCUT2D eigenvalue weighted by atomic mass is 10.00. The number of halogens is 4. The molecular formula is C13H15ClF3NO2S. The number of rotatable bonds is 3. The van der Waals surface area contributed by atoms with Gasteiger partial charge in [0.1, 0.15) is 5.54 Å². The van der Waals surface area contributed by atoms with Gasteiger partial charge in [0, 0.05) is 6.54 Å². The zero-order chi connectivity index (χ0) is 15.9. The lowest BCUT2D eigenvalue weighted by Crippen LogP contribution is -2.58. The van der Waals surface area contributed by atoms with Gasteiger partial charge < -0.3 is 0 Å². The van der Waals surface area contributed by atoms with Gasteiger partial charge in [-0.1, -0.05) is 17.7 Å². The molecule has 1 aliphatic rings. The van der Waals surface area contributed by atoms with Gasteiger partial charge in [-0.15, -0.1) is 11.6 Å². The van der Waals surface area contributed by atoms with Crippen LogP contribution in [0, 0.1) is 6.92 Å². The van der Waals surface area contributed by atoms with Gasteiger partial charge in [0.25, 0.3) is 0 Å². The molecule has 3 nitrogen and oxygen atoms in total. The van der Waals surface area contributed by atoms with Crippen molar-refractivity contribution < 1.29 is 21.6 Å². The number of hydrogen-bond acceptors (Lipinski definition) is 2. The Bertz CT molecular complexity index is 615. The van der Waals surface area contributed by atoms with Gasteiger partial charge >= 0.3 is 6.18 Å². The van der Waals surface area contributed by atoms with Crippen molar-refractivity contribution in [2.24, 2.45) is 0 Å². The van der Waals surface area contributed by atoms with Crippen molar-refractivity contribution >= 4 is 21.6 Å². The van der Waals surface area contributed by atoms with Crippen molar-refractivity contribution in [2.75, 3.05) is 12.4 Å². The molecule has 1 unspecified atom stereocenters. The highest BCUT2D eigenvalue weighted by molar-refractivity contribution is 7.89. The Morgan fingerprint density at radius 1 is 1.29 bits per heavy atom. The lowest BCUT2D eigenvalue weighted by Gasteiger charge is -2.37. The average Bonchev–Trinajstić information content (AvgIpc) is 2.84. The molecule has 2 rings (SSSR count). The molecule has 1 aromatic rings. The van der Waals surface area contributed by atoms with Crippen LogP contribution in [0.25, 0.3) is 0 Å². The lowest BCUT2D eigenvalue weighted by molar-refractivity contribution is -0.202. The Morgan fingerprint density at radius 2 is 1.86 bits per heavy atom. The van der Waals surface area contributed by atoms with Crippen molar-refractivity contribution in [3.63, 3.8) is 0 Å². The first-order valence-electron chi connectivity index (χ1n) is 6.37. The van der Waals surface area contributed by atoms with Gasteiger partial charge in [0.05, 0.1) is 10.8 Å². The van der Waals surface area contributed by atoms with E-state index in [1.54, 1.807) is 19.1 Å². The van der Waals surface area contributed by atoms with Crippen LogP contribution in [0.4, 0.5) is 13.2 Å². The second kappa shape index (κ2) is 5.44. The first-order chi connectivity index (χ1) is 9.65. The van der Waals surface area contributed by atoms with Crippen LogP contribution in [0.3, 0.4) is 0 Å². The Hall–Kier alpha value is -0.790. The third kappa shape index (κ3) is 2.66.